The Morgan fingerprint density at radius 2 is 2.31 bits per heavy atom. The van der Waals surface area contributed by atoms with Crippen molar-refractivity contribution >= 4 is 10.2 Å². The zero-order valence-electron chi connectivity index (χ0n) is 7.19. The molecule has 1 aromatic rings. The highest BCUT2D eigenvalue weighted by Crippen LogP contribution is 2.16. The average Bonchev–Trinajstić information content (AvgIpc) is 2.30. The molecule has 0 amide bonds. The maximum atomic E-state index is 12.6. The van der Waals surface area contributed by atoms with Crippen molar-refractivity contribution in [1.82, 2.24) is 9.78 Å². The van der Waals surface area contributed by atoms with Gasteiger partial charge in [-0.05, 0) is 0 Å². The third-order valence-corrected chi connectivity index (χ3v) is 2.28. The highest BCUT2D eigenvalue weighted by atomic mass is 32.3. The van der Waals surface area contributed by atoms with E-state index in [-0.39, 0.29) is 12.3 Å². The first-order valence-electron chi connectivity index (χ1n) is 3.41. The van der Waals surface area contributed by atoms with Crippen LogP contribution in [0.25, 0.3) is 0 Å². The number of ether oxygens (including phenoxy) is 1. The van der Waals surface area contributed by atoms with Gasteiger partial charge in [0.05, 0.1) is 6.61 Å². The first-order valence-corrected chi connectivity index (χ1v) is 4.79. The minimum atomic E-state index is -4.70. The van der Waals surface area contributed by atoms with Gasteiger partial charge in [-0.15, -0.1) is 3.89 Å². The van der Waals surface area contributed by atoms with Gasteiger partial charge in [0.15, 0.2) is 0 Å². The van der Waals surface area contributed by atoms with Crippen molar-refractivity contribution in [3.05, 3.63) is 11.9 Å². The van der Waals surface area contributed by atoms with Gasteiger partial charge in [0, 0.05) is 20.4 Å². The number of rotatable bonds is 3. The fraction of sp³-hybridized carbons (Fsp3) is 0.500. The van der Waals surface area contributed by atoms with E-state index in [0.717, 1.165) is 6.20 Å². The van der Waals surface area contributed by atoms with E-state index in [4.69, 9.17) is 0 Å². The Morgan fingerprint density at radius 1 is 1.69 bits per heavy atom. The molecule has 5 nitrogen and oxygen atoms in total. The zero-order chi connectivity index (χ0) is 10.1. The molecule has 1 aromatic heterocycles. The summed E-state index contributed by atoms with van der Waals surface area (Å²) in [6.07, 6.45) is 1.10. The van der Waals surface area contributed by atoms with Gasteiger partial charge >= 0.3 is 10.2 Å². The zero-order valence-corrected chi connectivity index (χ0v) is 8.01. The Bertz CT molecular complexity index is 398. The summed E-state index contributed by atoms with van der Waals surface area (Å²) in [5.74, 6) is 0. The Morgan fingerprint density at radius 3 is 2.77 bits per heavy atom. The molecular weight excluding hydrogens is 199 g/mol. The quantitative estimate of drug-likeness (QED) is 0.667. The summed E-state index contributed by atoms with van der Waals surface area (Å²) >= 11 is 0. The smallest absolute Gasteiger partial charge is 0.335 e. The van der Waals surface area contributed by atoms with E-state index in [1.165, 1.54) is 18.8 Å². The lowest BCUT2D eigenvalue weighted by atomic mass is 10.5. The Kier molecular flexibility index (Phi) is 2.67. The molecule has 0 aromatic carbocycles. The summed E-state index contributed by atoms with van der Waals surface area (Å²) in [5.41, 5.74) is 0.0764. The summed E-state index contributed by atoms with van der Waals surface area (Å²) in [6.45, 7) is -0.0284. The van der Waals surface area contributed by atoms with Crippen LogP contribution in [-0.2, 0) is 28.6 Å². The van der Waals surface area contributed by atoms with Crippen molar-refractivity contribution < 1.29 is 17.0 Å². The third-order valence-electron chi connectivity index (χ3n) is 1.41. The third kappa shape index (κ3) is 2.25. The standard InChI is InChI=1S/C6H9FN2O3S/c1-9-3-6(13(7,10)11)5(8-9)4-12-2/h3H,4H2,1-2H3. The Balaban J connectivity index is 3.20. The van der Waals surface area contributed by atoms with E-state index in [0.29, 0.717) is 0 Å². The molecule has 0 radical (unpaired) electrons. The molecule has 1 rings (SSSR count). The molecule has 74 valence electrons. The van der Waals surface area contributed by atoms with Gasteiger partial charge < -0.3 is 4.74 Å². The van der Waals surface area contributed by atoms with Crippen molar-refractivity contribution in [2.45, 2.75) is 11.5 Å². The average molecular weight is 208 g/mol. The lowest BCUT2D eigenvalue weighted by Gasteiger charge is -1.94. The lowest BCUT2D eigenvalue weighted by Crippen LogP contribution is -1.97. The maximum Gasteiger partial charge on any atom is 0.335 e. The number of hydrogen-bond acceptors (Lipinski definition) is 4. The van der Waals surface area contributed by atoms with Crippen LogP contribution in [0.15, 0.2) is 11.1 Å². The SMILES string of the molecule is COCc1nn(C)cc1S(=O)(=O)F. The predicted octanol–water partition coefficient (Wildman–Crippen LogP) is 0.225. The van der Waals surface area contributed by atoms with E-state index in [1.54, 1.807) is 0 Å². The second-order valence-electron chi connectivity index (χ2n) is 2.48. The van der Waals surface area contributed by atoms with Gasteiger partial charge in [-0.25, -0.2) is 0 Å². The van der Waals surface area contributed by atoms with Crippen LogP contribution in [0.3, 0.4) is 0 Å². The van der Waals surface area contributed by atoms with Crippen molar-refractivity contribution in [3.8, 4) is 0 Å². The van der Waals surface area contributed by atoms with Crippen LogP contribution in [0.2, 0.25) is 0 Å². The number of methoxy groups -OCH3 is 1. The number of aromatic nitrogens is 2. The van der Waals surface area contributed by atoms with Crippen LogP contribution >= 0.6 is 0 Å². The van der Waals surface area contributed by atoms with Crippen molar-refractivity contribution in [1.29, 1.82) is 0 Å². The van der Waals surface area contributed by atoms with Crippen LogP contribution in [0, 0.1) is 0 Å². The molecular formula is C6H9FN2O3S. The van der Waals surface area contributed by atoms with E-state index >= 15 is 0 Å². The number of nitrogens with zero attached hydrogens (tertiary/aromatic N) is 2. The number of aryl methyl sites for hydroxylation is 1. The molecule has 0 spiro atoms. The van der Waals surface area contributed by atoms with Crippen LogP contribution in [0.4, 0.5) is 3.89 Å². The fourth-order valence-electron chi connectivity index (χ4n) is 0.953. The van der Waals surface area contributed by atoms with E-state index in [2.05, 4.69) is 9.84 Å². The molecule has 0 N–H and O–H groups in total. The molecule has 0 bridgehead atoms. The first-order chi connectivity index (χ1) is 5.95. The molecule has 0 aliphatic carbocycles. The van der Waals surface area contributed by atoms with Gasteiger partial charge in [-0.1, -0.05) is 0 Å². The molecule has 7 heteroatoms. The molecule has 0 saturated carbocycles. The van der Waals surface area contributed by atoms with E-state index < -0.39 is 15.1 Å². The minimum absolute atomic E-state index is 0.0284. The summed E-state index contributed by atoms with van der Waals surface area (Å²) in [7, 11) is -1.81. The topological polar surface area (TPSA) is 61.2 Å². The molecule has 13 heavy (non-hydrogen) atoms. The van der Waals surface area contributed by atoms with Crippen LogP contribution < -0.4 is 0 Å². The largest absolute Gasteiger partial charge is 0.378 e. The summed E-state index contributed by atoms with van der Waals surface area (Å²) < 4.78 is 39.6. The van der Waals surface area contributed by atoms with Crippen molar-refractivity contribution in [2.75, 3.05) is 7.11 Å². The van der Waals surface area contributed by atoms with Gasteiger partial charge in [0.25, 0.3) is 0 Å². The summed E-state index contributed by atoms with van der Waals surface area (Å²) in [5, 5.41) is 3.74. The second kappa shape index (κ2) is 3.43. The summed E-state index contributed by atoms with van der Waals surface area (Å²) in [6, 6.07) is 0. The fourth-order valence-corrected chi connectivity index (χ4v) is 1.61. The van der Waals surface area contributed by atoms with Gasteiger partial charge in [0.2, 0.25) is 0 Å². The monoisotopic (exact) mass is 208 g/mol. The van der Waals surface area contributed by atoms with Crippen molar-refractivity contribution in [3.63, 3.8) is 0 Å². The molecule has 0 aliphatic rings. The van der Waals surface area contributed by atoms with E-state index in [9.17, 15) is 12.3 Å². The molecule has 0 fully saturated rings. The van der Waals surface area contributed by atoms with Gasteiger partial charge in [-0.3, -0.25) is 4.68 Å². The number of hydrogen-bond donors (Lipinski definition) is 0. The van der Waals surface area contributed by atoms with Crippen molar-refractivity contribution in [2.24, 2.45) is 7.05 Å². The highest BCUT2D eigenvalue weighted by Gasteiger charge is 2.20. The molecule has 0 saturated heterocycles. The predicted molar refractivity (Wildman–Crippen MR) is 42.2 cm³/mol. The normalized spacial score (nSPS) is 11.9. The maximum absolute atomic E-state index is 12.6. The first kappa shape index (κ1) is 10.1. The van der Waals surface area contributed by atoms with Crippen LogP contribution in [0.5, 0.6) is 0 Å². The lowest BCUT2D eigenvalue weighted by molar-refractivity contribution is 0.178. The van der Waals surface area contributed by atoms with E-state index in [1.807, 2.05) is 0 Å². The molecule has 1 heterocycles. The second-order valence-corrected chi connectivity index (χ2v) is 3.80. The van der Waals surface area contributed by atoms with Crippen LogP contribution in [0.1, 0.15) is 5.69 Å². The van der Waals surface area contributed by atoms with Gasteiger partial charge in [0.1, 0.15) is 10.6 Å². The Labute approximate surface area is 75.3 Å². The van der Waals surface area contributed by atoms with Gasteiger partial charge in [-0.2, -0.15) is 13.5 Å². The Hall–Kier alpha value is -0.950. The minimum Gasteiger partial charge on any atom is -0.378 e. The van der Waals surface area contributed by atoms with Crippen LogP contribution in [-0.4, -0.2) is 25.3 Å². The summed E-state index contributed by atoms with van der Waals surface area (Å²) in [4.78, 5) is -0.433. The molecule has 0 aliphatic heterocycles. The molecule has 0 atom stereocenters. The highest BCUT2D eigenvalue weighted by molar-refractivity contribution is 7.86. The molecule has 0 unspecified atom stereocenters. The number of halogens is 1.